The molecule has 0 amide bonds. The van der Waals surface area contributed by atoms with Gasteiger partial charge in [-0.2, -0.15) is 13.2 Å². The monoisotopic (exact) mass is 205 g/mol. The molecule has 0 saturated heterocycles. The number of rotatable bonds is 2. The Morgan fingerprint density at radius 3 is 2.64 bits per heavy atom. The molecule has 0 aliphatic rings. The minimum Gasteiger partial charge on any atom is -0.375 e. The summed E-state index contributed by atoms with van der Waals surface area (Å²) >= 11 is 0. The Hall–Kier alpha value is -1.17. The Balaban J connectivity index is 3.01. The van der Waals surface area contributed by atoms with E-state index in [1.54, 1.807) is 6.92 Å². The summed E-state index contributed by atoms with van der Waals surface area (Å²) in [6.07, 6.45) is -2.91. The minimum atomic E-state index is -4.54. The van der Waals surface area contributed by atoms with E-state index in [2.05, 4.69) is 16.2 Å². The molecule has 1 unspecified atom stereocenters. The fraction of sp³-hybridized carbons (Fsp3) is 0.500. The van der Waals surface area contributed by atoms with Crippen molar-refractivity contribution >= 4 is 0 Å². The van der Waals surface area contributed by atoms with Crippen molar-refractivity contribution < 1.29 is 17.9 Å². The molecule has 1 aromatic heterocycles. The maximum absolute atomic E-state index is 12.1. The van der Waals surface area contributed by atoms with Gasteiger partial charge < -0.3 is 4.74 Å². The van der Waals surface area contributed by atoms with Gasteiger partial charge in [-0.25, -0.2) is 9.97 Å². The summed E-state index contributed by atoms with van der Waals surface area (Å²) in [6, 6.07) is 1.27. The normalized spacial score (nSPS) is 14.1. The van der Waals surface area contributed by atoms with Crippen LogP contribution in [0.1, 0.15) is 24.5 Å². The van der Waals surface area contributed by atoms with Gasteiger partial charge in [0.2, 0.25) is 5.82 Å². The van der Waals surface area contributed by atoms with Crippen molar-refractivity contribution in [3.05, 3.63) is 23.8 Å². The molecule has 1 radical (unpaired) electrons. The van der Waals surface area contributed by atoms with E-state index in [-0.39, 0.29) is 5.69 Å². The van der Waals surface area contributed by atoms with Crippen LogP contribution in [-0.2, 0) is 10.9 Å². The molecule has 0 aliphatic carbocycles. The van der Waals surface area contributed by atoms with Crippen LogP contribution < -0.4 is 0 Å². The molecule has 6 heteroatoms. The highest BCUT2D eigenvalue weighted by molar-refractivity contribution is 5.05. The second-order valence-electron chi connectivity index (χ2n) is 2.62. The third-order valence-corrected chi connectivity index (χ3v) is 1.64. The zero-order valence-corrected chi connectivity index (χ0v) is 7.59. The lowest BCUT2D eigenvalue weighted by Gasteiger charge is -2.10. The van der Waals surface area contributed by atoms with Gasteiger partial charge in [0.15, 0.2) is 0 Å². The SMILES string of the molecule is COC(C)c1c[c]nc(C(F)(F)F)n1. The number of methoxy groups -OCH3 is 1. The van der Waals surface area contributed by atoms with E-state index in [1.807, 2.05) is 0 Å². The highest BCUT2D eigenvalue weighted by atomic mass is 19.4. The number of alkyl halides is 3. The van der Waals surface area contributed by atoms with Crippen molar-refractivity contribution in [1.29, 1.82) is 0 Å². The molecule has 0 N–H and O–H groups in total. The summed E-state index contributed by atoms with van der Waals surface area (Å²) in [5.74, 6) is -1.20. The van der Waals surface area contributed by atoms with E-state index in [1.165, 1.54) is 13.2 Å². The highest BCUT2D eigenvalue weighted by Gasteiger charge is 2.34. The molecule has 1 aromatic rings. The van der Waals surface area contributed by atoms with E-state index in [9.17, 15) is 13.2 Å². The number of aromatic nitrogens is 2. The van der Waals surface area contributed by atoms with Gasteiger partial charge in [-0.15, -0.1) is 0 Å². The maximum atomic E-state index is 12.1. The first kappa shape index (κ1) is 10.9. The van der Waals surface area contributed by atoms with Crippen molar-refractivity contribution in [2.75, 3.05) is 7.11 Å². The molecular formula is C8H8F3N2O. The van der Waals surface area contributed by atoms with Gasteiger partial charge in [0, 0.05) is 7.11 Å². The Morgan fingerprint density at radius 1 is 1.50 bits per heavy atom. The van der Waals surface area contributed by atoms with E-state index in [4.69, 9.17) is 4.74 Å². The molecule has 0 fully saturated rings. The third-order valence-electron chi connectivity index (χ3n) is 1.64. The van der Waals surface area contributed by atoms with Crippen molar-refractivity contribution in [1.82, 2.24) is 9.97 Å². The predicted molar refractivity (Wildman–Crippen MR) is 41.3 cm³/mol. The highest BCUT2D eigenvalue weighted by Crippen LogP contribution is 2.26. The summed E-state index contributed by atoms with van der Waals surface area (Å²) in [5, 5.41) is 0. The number of nitrogens with zero attached hydrogens (tertiary/aromatic N) is 2. The predicted octanol–water partition coefficient (Wildman–Crippen LogP) is 2.00. The van der Waals surface area contributed by atoms with Crippen LogP contribution in [0.15, 0.2) is 6.07 Å². The van der Waals surface area contributed by atoms with E-state index in [0.29, 0.717) is 0 Å². The Labute approximate surface area is 78.9 Å². The first-order valence-corrected chi connectivity index (χ1v) is 3.80. The van der Waals surface area contributed by atoms with Crippen LogP contribution in [0.25, 0.3) is 0 Å². The van der Waals surface area contributed by atoms with Crippen molar-refractivity contribution in [2.24, 2.45) is 0 Å². The average Bonchev–Trinajstić information content (AvgIpc) is 2.15. The summed E-state index contributed by atoms with van der Waals surface area (Å²) < 4.78 is 41.3. The molecule has 0 aliphatic heterocycles. The molecule has 0 aromatic carbocycles. The molecule has 14 heavy (non-hydrogen) atoms. The van der Waals surface area contributed by atoms with Gasteiger partial charge in [0.25, 0.3) is 0 Å². The van der Waals surface area contributed by atoms with Crippen molar-refractivity contribution in [3.63, 3.8) is 0 Å². The lowest BCUT2D eigenvalue weighted by atomic mass is 10.3. The molecule has 1 rings (SSSR count). The molecule has 1 heterocycles. The first-order chi connectivity index (χ1) is 6.45. The average molecular weight is 205 g/mol. The molecule has 0 saturated carbocycles. The fourth-order valence-corrected chi connectivity index (χ4v) is 0.795. The first-order valence-electron chi connectivity index (χ1n) is 3.80. The van der Waals surface area contributed by atoms with Crippen LogP contribution in [0.5, 0.6) is 0 Å². The largest absolute Gasteiger partial charge is 0.451 e. The summed E-state index contributed by atoms with van der Waals surface area (Å²) in [7, 11) is 1.39. The molecule has 0 spiro atoms. The van der Waals surface area contributed by atoms with E-state index in [0.717, 1.165) is 0 Å². The van der Waals surface area contributed by atoms with Gasteiger partial charge in [0.1, 0.15) is 0 Å². The quantitative estimate of drug-likeness (QED) is 0.740. The summed E-state index contributed by atoms with van der Waals surface area (Å²) in [6.45, 7) is 1.59. The zero-order chi connectivity index (χ0) is 10.8. The smallest absolute Gasteiger partial charge is 0.375 e. The van der Waals surface area contributed by atoms with Crippen LogP contribution in [0.4, 0.5) is 13.2 Å². The van der Waals surface area contributed by atoms with Crippen LogP contribution in [-0.4, -0.2) is 17.1 Å². The minimum absolute atomic E-state index is 0.162. The van der Waals surface area contributed by atoms with E-state index >= 15 is 0 Å². The number of hydrogen-bond donors (Lipinski definition) is 0. The Morgan fingerprint density at radius 2 is 2.14 bits per heavy atom. The van der Waals surface area contributed by atoms with Crippen molar-refractivity contribution in [2.45, 2.75) is 19.2 Å². The van der Waals surface area contributed by atoms with Crippen molar-refractivity contribution in [3.8, 4) is 0 Å². The topological polar surface area (TPSA) is 35.0 Å². The summed E-state index contributed by atoms with van der Waals surface area (Å²) in [4.78, 5) is 6.33. The van der Waals surface area contributed by atoms with Gasteiger partial charge in [0.05, 0.1) is 18.0 Å². The van der Waals surface area contributed by atoms with E-state index < -0.39 is 18.1 Å². The molecule has 0 bridgehead atoms. The Bertz CT molecular complexity index is 314. The lowest BCUT2D eigenvalue weighted by Crippen LogP contribution is -2.13. The molecule has 1 atom stereocenters. The second-order valence-corrected chi connectivity index (χ2v) is 2.62. The third kappa shape index (κ3) is 2.41. The van der Waals surface area contributed by atoms with Gasteiger partial charge >= 0.3 is 6.18 Å². The van der Waals surface area contributed by atoms with Crippen LogP contribution in [0.3, 0.4) is 0 Å². The maximum Gasteiger partial charge on any atom is 0.451 e. The summed E-state index contributed by atoms with van der Waals surface area (Å²) in [5.41, 5.74) is 0.162. The van der Waals surface area contributed by atoms with Crippen LogP contribution >= 0.6 is 0 Å². The Kier molecular flexibility index (Phi) is 3.05. The molecular weight excluding hydrogens is 197 g/mol. The van der Waals surface area contributed by atoms with Gasteiger partial charge in [-0.1, -0.05) is 0 Å². The van der Waals surface area contributed by atoms with Gasteiger partial charge in [-0.05, 0) is 13.0 Å². The van der Waals surface area contributed by atoms with Gasteiger partial charge in [-0.3, -0.25) is 0 Å². The number of ether oxygens (including phenoxy) is 1. The number of hydrogen-bond acceptors (Lipinski definition) is 3. The molecule has 77 valence electrons. The molecule has 3 nitrogen and oxygen atoms in total. The van der Waals surface area contributed by atoms with Crippen LogP contribution in [0, 0.1) is 6.20 Å². The number of halogens is 3. The van der Waals surface area contributed by atoms with Crippen LogP contribution in [0.2, 0.25) is 0 Å². The standard InChI is InChI=1S/C8H8F3N2O/c1-5(14-2)6-3-4-12-7(13-6)8(9,10)11/h3,5H,1-2H3. The lowest BCUT2D eigenvalue weighted by molar-refractivity contribution is -0.145. The second kappa shape index (κ2) is 3.91. The fourth-order valence-electron chi connectivity index (χ4n) is 0.795. The zero-order valence-electron chi connectivity index (χ0n) is 7.59.